The van der Waals surface area contributed by atoms with E-state index in [1.54, 1.807) is 43.3 Å². The summed E-state index contributed by atoms with van der Waals surface area (Å²) >= 11 is 1.16. The van der Waals surface area contributed by atoms with Crippen molar-refractivity contribution in [3.05, 3.63) is 66.2 Å². The van der Waals surface area contributed by atoms with Crippen LogP contribution in [-0.2, 0) is 9.53 Å². The highest BCUT2D eigenvalue weighted by Crippen LogP contribution is 2.24. The molecule has 1 amide bonds. The number of nitrogens with one attached hydrogen (secondary N) is 1. The Balaban J connectivity index is 1.49. The summed E-state index contributed by atoms with van der Waals surface area (Å²) in [6.45, 7) is 1.95. The third-order valence-electron chi connectivity index (χ3n) is 4.31. The largest absolute Gasteiger partial charge is 0.462 e. The van der Waals surface area contributed by atoms with E-state index in [1.807, 2.05) is 0 Å². The van der Waals surface area contributed by atoms with Crippen LogP contribution in [0.5, 0.6) is 0 Å². The number of anilines is 1. The molecule has 0 aliphatic carbocycles. The normalized spacial score (nSPS) is 10.8. The molecule has 11 heteroatoms. The first-order valence-corrected chi connectivity index (χ1v) is 10.6. The van der Waals surface area contributed by atoms with Gasteiger partial charge in [-0.1, -0.05) is 29.1 Å². The van der Waals surface area contributed by atoms with Gasteiger partial charge < -0.3 is 10.1 Å². The second kappa shape index (κ2) is 9.52. The van der Waals surface area contributed by atoms with Gasteiger partial charge in [-0.05, 0) is 43.3 Å². The topological polar surface area (TPSA) is 112 Å². The van der Waals surface area contributed by atoms with E-state index in [0.29, 0.717) is 27.6 Å². The molecule has 4 rings (SSSR count). The van der Waals surface area contributed by atoms with Crippen LogP contribution in [0.15, 0.2) is 59.9 Å². The summed E-state index contributed by atoms with van der Waals surface area (Å²) in [5, 5.41) is 11.4. The molecule has 0 unspecified atom stereocenters. The van der Waals surface area contributed by atoms with Gasteiger partial charge in [0.15, 0.2) is 11.2 Å². The zero-order valence-electron chi connectivity index (χ0n) is 16.9. The van der Waals surface area contributed by atoms with Gasteiger partial charge in [-0.25, -0.2) is 19.2 Å². The second-order valence-electron chi connectivity index (χ2n) is 6.43. The van der Waals surface area contributed by atoms with Crippen LogP contribution < -0.4 is 5.32 Å². The number of nitrogens with zero attached hydrogens (tertiary/aromatic N) is 5. The van der Waals surface area contributed by atoms with E-state index in [-0.39, 0.29) is 29.6 Å². The molecule has 1 N–H and O–H groups in total. The molecule has 0 aliphatic heterocycles. The first kappa shape index (κ1) is 21.4. The molecule has 0 saturated heterocycles. The molecule has 0 spiro atoms. The van der Waals surface area contributed by atoms with Crippen molar-refractivity contribution in [2.24, 2.45) is 0 Å². The summed E-state index contributed by atoms with van der Waals surface area (Å²) in [5.74, 6) is -1.18. The molecule has 0 saturated carbocycles. The fourth-order valence-corrected chi connectivity index (χ4v) is 3.62. The number of amides is 1. The maximum Gasteiger partial charge on any atom is 0.340 e. The Hall–Kier alpha value is -3.86. The van der Waals surface area contributed by atoms with Gasteiger partial charge >= 0.3 is 5.97 Å². The standard InChI is InChI=1S/C21H17FN6O3S/c1-2-31-21(30)15-5-3-4-6-16(15)25-17(29)11-32-20-18-19(23-12-24-20)28(27-26-18)14-9-7-13(22)8-10-14/h3-10,12H,2,11H2,1H3,(H,25,29). The highest BCUT2D eigenvalue weighted by Gasteiger charge is 2.17. The van der Waals surface area contributed by atoms with Crippen LogP contribution in [0.3, 0.4) is 0 Å². The molecule has 9 nitrogen and oxygen atoms in total. The van der Waals surface area contributed by atoms with Crippen LogP contribution in [0.1, 0.15) is 17.3 Å². The van der Waals surface area contributed by atoms with Crippen LogP contribution in [-0.4, -0.2) is 49.2 Å². The highest BCUT2D eigenvalue weighted by molar-refractivity contribution is 8.00. The lowest BCUT2D eigenvalue weighted by Crippen LogP contribution is -2.17. The van der Waals surface area contributed by atoms with Crippen molar-refractivity contribution in [2.45, 2.75) is 11.9 Å². The van der Waals surface area contributed by atoms with Gasteiger partial charge in [0.25, 0.3) is 0 Å². The Morgan fingerprint density at radius 1 is 1.12 bits per heavy atom. The van der Waals surface area contributed by atoms with Crippen molar-refractivity contribution in [1.29, 1.82) is 0 Å². The molecule has 32 heavy (non-hydrogen) atoms. The average Bonchev–Trinajstić information content (AvgIpc) is 3.23. The lowest BCUT2D eigenvalue weighted by Gasteiger charge is -2.10. The number of thioether (sulfide) groups is 1. The van der Waals surface area contributed by atoms with Crippen molar-refractivity contribution in [3.8, 4) is 5.69 Å². The lowest BCUT2D eigenvalue weighted by atomic mass is 10.2. The summed E-state index contributed by atoms with van der Waals surface area (Å²) in [6, 6.07) is 12.4. The molecule has 0 radical (unpaired) electrons. The number of benzene rings is 2. The van der Waals surface area contributed by atoms with E-state index >= 15 is 0 Å². The lowest BCUT2D eigenvalue weighted by molar-refractivity contribution is -0.113. The number of esters is 1. The van der Waals surface area contributed by atoms with Gasteiger partial charge in [0.05, 0.1) is 29.3 Å². The summed E-state index contributed by atoms with van der Waals surface area (Å²) < 4.78 is 19.7. The maximum atomic E-state index is 13.2. The number of ether oxygens (including phenoxy) is 1. The van der Waals surface area contributed by atoms with Crippen molar-refractivity contribution in [2.75, 3.05) is 17.7 Å². The number of hydrogen-bond donors (Lipinski definition) is 1. The SMILES string of the molecule is CCOC(=O)c1ccccc1NC(=O)CSc1ncnc2c1nnn2-c1ccc(F)cc1. The van der Waals surface area contributed by atoms with Crippen LogP contribution in [0.25, 0.3) is 16.9 Å². The van der Waals surface area contributed by atoms with Gasteiger partial charge in [-0.3, -0.25) is 4.79 Å². The Kier molecular flexibility index (Phi) is 6.36. The molecule has 0 fully saturated rings. The minimum absolute atomic E-state index is 0.0205. The number of carbonyl (C=O) groups is 2. The van der Waals surface area contributed by atoms with Gasteiger partial charge in [-0.2, -0.15) is 4.68 Å². The fraction of sp³-hybridized carbons (Fsp3) is 0.143. The summed E-state index contributed by atoms with van der Waals surface area (Å²) in [5.41, 5.74) is 2.09. The first-order chi connectivity index (χ1) is 15.6. The molecule has 2 aromatic carbocycles. The van der Waals surface area contributed by atoms with E-state index in [0.717, 1.165) is 11.8 Å². The van der Waals surface area contributed by atoms with E-state index in [9.17, 15) is 14.0 Å². The Morgan fingerprint density at radius 3 is 2.69 bits per heavy atom. The fourth-order valence-electron chi connectivity index (χ4n) is 2.89. The zero-order chi connectivity index (χ0) is 22.5. The first-order valence-electron chi connectivity index (χ1n) is 9.58. The number of carbonyl (C=O) groups excluding carboxylic acids is 2. The Bertz CT molecular complexity index is 1280. The van der Waals surface area contributed by atoms with Crippen molar-refractivity contribution < 1.29 is 18.7 Å². The van der Waals surface area contributed by atoms with Gasteiger partial charge in [0.1, 0.15) is 17.2 Å². The molecule has 0 bridgehead atoms. The molecular weight excluding hydrogens is 435 g/mol. The van der Waals surface area contributed by atoms with Crippen molar-refractivity contribution >= 4 is 40.5 Å². The van der Waals surface area contributed by atoms with E-state index in [4.69, 9.17) is 4.74 Å². The molecule has 0 aliphatic rings. The van der Waals surface area contributed by atoms with E-state index < -0.39 is 5.97 Å². The van der Waals surface area contributed by atoms with Crippen molar-refractivity contribution in [3.63, 3.8) is 0 Å². The quantitative estimate of drug-likeness (QED) is 0.258. The van der Waals surface area contributed by atoms with Crippen LogP contribution in [0.4, 0.5) is 10.1 Å². The number of fused-ring (bicyclic) bond motifs is 1. The molecule has 4 aromatic rings. The molecule has 0 atom stereocenters. The third-order valence-corrected chi connectivity index (χ3v) is 5.29. The minimum atomic E-state index is -0.508. The van der Waals surface area contributed by atoms with E-state index in [2.05, 4.69) is 25.6 Å². The van der Waals surface area contributed by atoms with Crippen LogP contribution >= 0.6 is 11.8 Å². The third kappa shape index (κ3) is 4.57. The predicted octanol–water partition coefficient (Wildman–Crippen LogP) is 3.26. The predicted molar refractivity (Wildman–Crippen MR) is 116 cm³/mol. The van der Waals surface area contributed by atoms with Gasteiger partial charge in [0.2, 0.25) is 5.91 Å². The smallest absolute Gasteiger partial charge is 0.340 e. The second-order valence-corrected chi connectivity index (χ2v) is 7.40. The molecule has 2 heterocycles. The number of rotatable bonds is 7. The number of aromatic nitrogens is 5. The minimum Gasteiger partial charge on any atom is -0.462 e. The number of hydrogen-bond acceptors (Lipinski definition) is 8. The summed E-state index contributed by atoms with van der Waals surface area (Å²) in [7, 11) is 0. The maximum absolute atomic E-state index is 13.2. The number of para-hydroxylation sites is 1. The summed E-state index contributed by atoms with van der Waals surface area (Å²) in [4.78, 5) is 33.0. The average molecular weight is 452 g/mol. The van der Waals surface area contributed by atoms with Gasteiger partial charge in [-0.15, -0.1) is 5.10 Å². The van der Waals surface area contributed by atoms with Crippen molar-refractivity contribution in [1.82, 2.24) is 25.0 Å². The van der Waals surface area contributed by atoms with E-state index in [1.165, 1.54) is 23.1 Å². The van der Waals surface area contributed by atoms with Gasteiger partial charge in [0, 0.05) is 0 Å². The molecule has 162 valence electrons. The highest BCUT2D eigenvalue weighted by atomic mass is 32.2. The molecular formula is C21H17FN6O3S. The van der Waals surface area contributed by atoms with Crippen LogP contribution in [0.2, 0.25) is 0 Å². The Labute approximate surface area is 186 Å². The van der Waals surface area contributed by atoms with Crippen LogP contribution in [0, 0.1) is 5.82 Å². The number of halogens is 1. The monoisotopic (exact) mass is 452 g/mol. The summed E-state index contributed by atoms with van der Waals surface area (Å²) in [6.07, 6.45) is 1.35. The zero-order valence-corrected chi connectivity index (χ0v) is 17.7. The molecule has 2 aromatic heterocycles. The Morgan fingerprint density at radius 2 is 1.91 bits per heavy atom.